The average Bonchev–Trinajstić information content (AvgIpc) is 3.41. The molecule has 2 unspecified atom stereocenters. The molecule has 0 radical (unpaired) electrons. The van der Waals surface area contributed by atoms with Gasteiger partial charge < -0.3 is 30.3 Å². The number of phenolic OH excluding ortho intramolecular Hbond substituents is 1. The number of benzene rings is 2. The van der Waals surface area contributed by atoms with Crippen molar-refractivity contribution in [1.29, 1.82) is 0 Å². The molecule has 2 aliphatic rings. The van der Waals surface area contributed by atoms with Gasteiger partial charge in [-0.15, -0.1) is 0 Å². The van der Waals surface area contributed by atoms with Crippen molar-refractivity contribution in [1.82, 2.24) is 29.6 Å². The van der Waals surface area contributed by atoms with Crippen molar-refractivity contribution in [3.05, 3.63) is 102 Å². The van der Waals surface area contributed by atoms with Gasteiger partial charge in [0.1, 0.15) is 39.0 Å². The summed E-state index contributed by atoms with van der Waals surface area (Å²) in [5, 5.41) is 16.4. The number of carbonyl (C=O) groups excluding carboxylic acids is 1. The van der Waals surface area contributed by atoms with Crippen molar-refractivity contribution in [2.45, 2.75) is 26.4 Å². The molecule has 5 aromatic rings. The van der Waals surface area contributed by atoms with E-state index in [9.17, 15) is 27.1 Å². The molecule has 2 atom stereocenters. The highest BCUT2D eigenvalue weighted by Gasteiger charge is 2.29. The first-order valence-corrected chi connectivity index (χ1v) is 20.6. The topological polar surface area (TPSA) is 154 Å². The number of rotatable bonds is 11. The highest BCUT2D eigenvalue weighted by Crippen LogP contribution is 2.37. The van der Waals surface area contributed by atoms with Gasteiger partial charge in [0.15, 0.2) is 0 Å². The monoisotopic (exact) mass is 798 g/mol. The van der Waals surface area contributed by atoms with E-state index in [1.165, 1.54) is 24.5 Å². The maximum atomic E-state index is 14.9. The third-order valence-electron chi connectivity index (χ3n) is 10.2. The smallest absolute Gasteiger partial charge is 0.259 e. The molecule has 3 aromatic heterocycles. The minimum Gasteiger partial charge on any atom is -0.507 e. The summed E-state index contributed by atoms with van der Waals surface area (Å²) in [6, 6.07) is 15.6. The zero-order chi connectivity index (χ0) is 40.4. The first kappa shape index (κ1) is 39.4. The highest BCUT2D eigenvalue weighted by atomic mass is 32.2. The zero-order valence-electron chi connectivity index (χ0n) is 32.0. The van der Waals surface area contributed by atoms with Crippen molar-refractivity contribution >= 4 is 38.7 Å². The summed E-state index contributed by atoms with van der Waals surface area (Å²) in [6.07, 6.45) is 6.35. The number of aromatic hydroxyl groups is 1. The number of aromatic nitrogens is 4. The molecule has 2 aromatic carbocycles. The number of nitrogens with one attached hydrogen (secondary N) is 2. The van der Waals surface area contributed by atoms with Gasteiger partial charge in [0.25, 0.3) is 5.91 Å². The van der Waals surface area contributed by atoms with E-state index in [-0.39, 0.29) is 23.0 Å². The second-order valence-corrected chi connectivity index (χ2v) is 16.6. The van der Waals surface area contributed by atoms with E-state index in [0.29, 0.717) is 46.3 Å². The number of halogens is 2. The van der Waals surface area contributed by atoms with Crippen LogP contribution < -0.4 is 20.3 Å². The third-order valence-corrected chi connectivity index (χ3v) is 11.1. The summed E-state index contributed by atoms with van der Waals surface area (Å²) < 4.78 is 60.6. The quantitative estimate of drug-likeness (QED) is 0.139. The lowest BCUT2D eigenvalue weighted by Gasteiger charge is -2.26. The number of carbonyl (C=O) groups is 1. The normalized spacial score (nSPS) is 17.8. The van der Waals surface area contributed by atoms with Crippen LogP contribution in [-0.2, 0) is 9.84 Å². The van der Waals surface area contributed by atoms with Crippen molar-refractivity contribution in [2.24, 2.45) is 5.92 Å². The molecule has 1 amide bonds. The fraction of sp³-hybridized carbons (Fsp3) is 0.317. The zero-order valence-corrected chi connectivity index (χ0v) is 32.9. The maximum absolute atomic E-state index is 14.9. The van der Waals surface area contributed by atoms with E-state index in [2.05, 4.69) is 25.4 Å². The minimum atomic E-state index is -3.04. The molecular weight excluding hydrogens is 755 g/mol. The molecule has 1 aliphatic heterocycles. The Kier molecular flexibility index (Phi) is 11.3. The van der Waals surface area contributed by atoms with Gasteiger partial charge in [-0.05, 0) is 74.0 Å². The standard InChI is InChI=1S/C41H44F2N8O5S/c1-25-9-11-29(42)38(36(25)43)48-40(53)28-23-27(10-12-33(28)52)37-39(51-17-6-5-8-35(51)47-37)30-13-14-44-41(45-30)46-31-22-26(2)32(24-34(31)56-3)50-16-7-15-49(18-19-50)20-21-57(4,54)55/h5-6,8-14,17,22-25,36,52H,7,15-16,18-21H2,1-4H3,(H,48,53)(H,44,45,46). The molecule has 4 heterocycles. The molecule has 13 nitrogen and oxygen atoms in total. The van der Waals surface area contributed by atoms with Crippen molar-refractivity contribution in [3.63, 3.8) is 0 Å². The largest absolute Gasteiger partial charge is 0.507 e. The third kappa shape index (κ3) is 8.61. The predicted octanol–water partition coefficient (Wildman–Crippen LogP) is 6.24. The number of sulfone groups is 1. The molecule has 298 valence electrons. The van der Waals surface area contributed by atoms with Crippen molar-refractivity contribution in [2.75, 3.05) is 62.1 Å². The fourth-order valence-corrected chi connectivity index (χ4v) is 7.72. The second-order valence-electron chi connectivity index (χ2n) is 14.3. The van der Waals surface area contributed by atoms with Gasteiger partial charge in [0.05, 0.1) is 46.9 Å². The Hall–Kier alpha value is -5.87. The lowest BCUT2D eigenvalue weighted by atomic mass is 9.97. The van der Waals surface area contributed by atoms with Crippen LogP contribution in [0.25, 0.3) is 28.3 Å². The molecule has 3 N–H and O–H groups in total. The van der Waals surface area contributed by atoms with Crippen LogP contribution in [0.3, 0.4) is 0 Å². The number of ether oxygens (including phenoxy) is 1. The molecular formula is C41H44F2N8O5S. The summed E-state index contributed by atoms with van der Waals surface area (Å²) in [4.78, 5) is 32.1. The van der Waals surface area contributed by atoms with E-state index in [1.807, 2.05) is 47.9 Å². The molecule has 1 aliphatic carbocycles. The summed E-state index contributed by atoms with van der Waals surface area (Å²) in [5.74, 6) is -1.77. The van der Waals surface area contributed by atoms with Crippen LogP contribution in [-0.4, -0.2) is 102 Å². The molecule has 1 fully saturated rings. The number of phenols is 1. The lowest BCUT2D eigenvalue weighted by molar-refractivity contribution is 0.0951. The number of aryl methyl sites for hydroxylation is 1. The molecule has 1 saturated heterocycles. The number of amides is 1. The average molecular weight is 799 g/mol. The fourth-order valence-electron chi connectivity index (χ4n) is 7.13. The Morgan fingerprint density at radius 1 is 1.07 bits per heavy atom. The predicted molar refractivity (Wildman–Crippen MR) is 216 cm³/mol. The minimum absolute atomic E-state index is 0.140. The molecule has 0 bridgehead atoms. The van der Waals surface area contributed by atoms with Crippen LogP contribution in [0.4, 0.5) is 26.1 Å². The molecule has 57 heavy (non-hydrogen) atoms. The van der Waals surface area contributed by atoms with E-state index in [0.717, 1.165) is 49.9 Å². The number of pyridine rings is 1. The first-order valence-electron chi connectivity index (χ1n) is 18.6. The van der Waals surface area contributed by atoms with E-state index in [4.69, 9.17) is 14.7 Å². The van der Waals surface area contributed by atoms with Gasteiger partial charge in [-0.2, -0.15) is 0 Å². The van der Waals surface area contributed by atoms with Crippen LogP contribution in [0.2, 0.25) is 0 Å². The number of hydrogen-bond donors (Lipinski definition) is 3. The number of allylic oxidation sites excluding steroid dienone is 4. The van der Waals surface area contributed by atoms with E-state index < -0.39 is 39.4 Å². The summed E-state index contributed by atoms with van der Waals surface area (Å²) in [5.41, 5.74) is 4.54. The Morgan fingerprint density at radius 3 is 2.68 bits per heavy atom. The number of nitrogens with zero attached hydrogens (tertiary/aromatic N) is 6. The van der Waals surface area contributed by atoms with Gasteiger partial charge in [-0.1, -0.05) is 19.1 Å². The van der Waals surface area contributed by atoms with E-state index >= 15 is 0 Å². The number of fused-ring (bicyclic) bond motifs is 1. The Morgan fingerprint density at radius 2 is 1.89 bits per heavy atom. The summed E-state index contributed by atoms with van der Waals surface area (Å²) in [7, 11) is -1.44. The van der Waals surface area contributed by atoms with E-state index in [1.54, 1.807) is 32.4 Å². The number of hydrogen-bond acceptors (Lipinski definition) is 11. The van der Waals surface area contributed by atoms with Crippen molar-refractivity contribution < 1.29 is 31.8 Å². The summed E-state index contributed by atoms with van der Waals surface area (Å²) >= 11 is 0. The van der Waals surface area contributed by atoms with Gasteiger partial charge in [0, 0.05) is 68.1 Å². The maximum Gasteiger partial charge on any atom is 0.259 e. The van der Waals surface area contributed by atoms with Gasteiger partial charge in [-0.25, -0.2) is 32.2 Å². The van der Waals surface area contributed by atoms with Gasteiger partial charge in [-0.3, -0.25) is 9.20 Å². The lowest BCUT2D eigenvalue weighted by Crippen LogP contribution is -2.33. The molecule has 7 rings (SSSR count). The second kappa shape index (κ2) is 16.3. The summed E-state index contributed by atoms with van der Waals surface area (Å²) in [6.45, 7) is 7.24. The molecule has 16 heteroatoms. The van der Waals surface area contributed by atoms with Gasteiger partial charge in [0.2, 0.25) is 5.95 Å². The van der Waals surface area contributed by atoms with Crippen LogP contribution in [0.15, 0.2) is 90.7 Å². The van der Waals surface area contributed by atoms with Crippen molar-refractivity contribution in [3.8, 4) is 34.1 Å². The number of anilines is 3. The number of alkyl halides is 1. The van der Waals surface area contributed by atoms with Crippen LogP contribution in [0, 0.1) is 12.8 Å². The van der Waals surface area contributed by atoms with Crippen LogP contribution in [0.5, 0.6) is 11.5 Å². The number of methoxy groups -OCH3 is 1. The number of imidazole rings is 1. The Labute approximate surface area is 329 Å². The molecule has 0 saturated carbocycles. The molecule has 0 spiro atoms. The Bertz CT molecular complexity index is 2510. The Balaban J connectivity index is 1.17. The van der Waals surface area contributed by atoms with Crippen LogP contribution in [0.1, 0.15) is 29.3 Å². The highest BCUT2D eigenvalue weighted by molar-refractivity contribution is 7.90. The first-order chi connectivity index (χ1) is 27.3. The van der Waals surface area contributed by atoms with Gasteiger partial charge >= 0.3 is 0 Å². The SMILES string of the molecule is COc1cc(N2CCCN(CCS(C)(=O)=O)CC2)c(C)cc1Nc1nccc(-c2c(-c3ccc(O)c(C(=O)NC4=C(F)C=CC(C)C4F)c3)nc3ccccn23)n1. The van der Waals surface area contributed by atoms with Crippen LogP contribution >= 0.6 is 0 Å².